The minimum Gasteiger partial charge on any atom is -0.374 e. The third-order valence-electron chi connectivity index (χ3n) is 4.78. The van der Waals surface area contributed by atoms with E-state index < -0.39 is 0 Å². The van der Waals surface area contributed by atoms with Crippen LogP contribution in [0, 0.1) is 11.3 Å². The average Bonchev–Trinajstić information content (AvgIpc) is 2.64. The van der Waals surface area contributed by atoms with Gasteiger partial charge in [-0.15, -0.1) is 0 Å². The number of ether oxygens (including phenoxy) is 1. The molecule has 0 aliphatic heterocycles. The van der Waals surface area contributed by atoms with Crippen LogP contribution in [0.2, 0.25) is 0 Å². The Labute approximate surface area is 158 Å². The molecule has 0 bridgehead atoms. The summed E-state index contributed by atoms with van der Waals surface area (Å²) in [7, 11) is 0. The highest BCUT2D eigenvalue weighted by Gasteiger charge is 2.17. The predicted octanol–water partition coefficient (Wildman–Crippen LogP) is 6.35. The molecule has 0 radical (unpaired) electrons. The first-order valence-corrected chi connectivity index (χ1v) is 9.65. The lowest BCUT2D eigenvalue weighted by Gasteiger charge is -2.22. The van der Waals surface area contributed by atoms with Crippen molar-refractivity contribution in [1.82, 2.24) is 0 Å². The van der Waals surface area contributed by atoms with E-state index in [-0.39, 0.29) is 11.5 Å². The fourth-order valence-corrected chi connectivity index (χ4v) is 3.05. The maximum absolute atomic E-state index is 9.30. The lowest BCUT2D eigenvalue weighted by atomic mass is 9.86. The van der Waals surface area contributed by atoms with Gasteiger partial charge in [-0.05, 0) is 47.4 Å². The molecule has 0 saturated heterocycles. The molecule has 0 aromatic heterocycles. The van der Waals surface area contributed by atoms with E-state index in [2.05, 4.69) is 58.0 Å². The number of nitriles is 1. The van der Waals surface area contributed by atoms with Crippen LogP contribution in [0.4, 0.5) is 0 Å². The Morgan fingerprint density at radius 3 is 2.35 bits per heavy atom. The number of nitrogens with zero attached hydrogens (tertiary/aromatic N) is 1. The van der Waals surface area contributed by atoms with E-state index >= 15 is 0 Å². The molecule has 0 heterocycles. The van der Waals surface area contributed by atoms with Crippen LogP contribution in [0.1, 0.15) is 75.3 Å². The second kappa shape index (κ2) is 9.55. The molecule has 1 atom stereocenters. The summed E-state index contributed by atoms with van der Waals surface area (Å²) in [5, 5.41) is 9.30. The van der Waals surface area contributed by atoms with Crippen LogP contribution in [0.15, 0.2) is 48.5 Å². The van der Waals surface area contributed by atoms with E-state index in [1.807, 2.05) is 24.3 Å². The summed E-state index contributed by atoms with van der Waals surface area (Å²) in [6.45, 7) is 9.66. The maximum Gasteiger partial charge on any atom is 0.0994 e. The second-order valence-electron chi connectivity index (χ2n) is 7.89. The van der Waals surface area contributed by atoms with Gasteiger partial charge < -0.3 is 4.74 Å². The number of aryl methyl sites for hydroxylation is 1. The van der Waals surface area contributed by atoms with E-state index in [4.69, 9.17) is 4.74 Å². The third kappa shape index (κ3) is 5.71. The van der Waals surface area contributed by atoms with E-state index in [0.29, 0.717) is 0 Å². The molecule has 0 aliphatic carbocycles. The van der Waals surface area contributed by atoms with Crippen LogP contribution in [-0.4, -0.2) is 6.61 Å². The van der Waals surface area contributed by atoms with Gasteiger partial charge in [0, 0.05) is 6.61 Å². The van der Waals surface area contributed by atoms with Crippen LogP contribution < -0.4 is 0 Å². The van der Waals surface area contributed by atoms with Crippen LogP contribution in [0.3, 0.4) is 0 Å². The molecule has 0 spiro atoms. The molecule has 0 aliphatic rings. The number of unbranched alkanes of at least 4 members (excludes halogenated alkanes) is 1. The fourth-order valence-electron chi connectivity index (χ4n) is 3.05. The van der Waals surface area contributed by atoms with E-state index in [9.17, 15) is 5.26 Å². The molecule has 26 heavy (non-hydrogen) atoms. The Morgan fingerprint density at radius 2 is 1.73 bits per heavy atom. The minimum atomic E-state index is 0.0716. The third-order valence-corrected chi connectivity index (χ3v) is 4.78. The maximum atomic E-state index is 9.30. The van der Waals surface area contributed by atoms with Crippen molar-refractivity contribution in [2.75, 3.05) is 6.61 Å². The summed E-state index contributed by atoms with van der Waals surface area (Å²) in [4.78, 5) is 0. The van der Waals surface area contributed by atoms with Crippen molar-refractivity contribution in [1.29, 1.82) is 5.26 Å². The fraction of sp³-hybridized carbons (Fsp3) is 0.458. The molecule has 0 amide bonds. The van der Waals surface area contributed by atoms with Gasteiger partial charge in [0.05, 0.1) is 17.7 Å². The van der Waals surface area contributed by atoms with Gasteiger partial charge in [-0.3, -0.25) is 0 Å². The number of benzene rings is 2. The molecule has 1 unspecified atom stereocenters. The zero-order valence-corrected chi connectivity index (χ0v) is 16.6. The Morgan fingerprint density at radius 1 is 1.04 bits per heavy atom. The van der Waals surface area contributed by atoms with Crippen LogP contribution in [0.5, 0.6) is 0 Å². The smallest absolute Gasteiger partial charge is 0.0994 e. The molecular formula is C24H31NO. The van der Waals surface area contributed by atoms with Crippen molar-refractivity contribution < 1.29 is 4.74 Å². The Balaban J connectivity index is 2.14. The Hall–Kier alpha value is -2.11. The average molecular weight is 350 g/mol. The van der Waals surface area contributed by atoms with Gasteiger partial charge in [0.25, 0.3) is 0 Å². The highest BCUT2D eigenvalue weighted by molar-refractivity contribution is 5.37. The lowest BCUT2D eigenvalue weighted by molar-refractivity contribution is 0.0449. The summed E-state index contributed by atoms with van der Waals surface area (Å²) >= 11 is 0. The summed E-state index contributed by atoms with van der Waals surface area (Å²) in [6, 6.07) is 19.0. The van der Waals surface area contributed by atoms with Crippen LogP contribution in [-0.2, 0) is 16.6 Å². The van der Waals surface area contributed by atoms with Crippen molar-refractivity contribution in [2.24, 2.45) is 0 Å². The quantitative estimate of drug-likeness (QED) is 0.520. The largest absolute Gasteiger partial charge is 0.374 e. The second-order valence-corrected chi connectivity index (χ2v) is 7.89. The van der Waals surface area contributed by atoms with Gasteiger partial charge in [-0.25, -0.2) is 0 Å². The molecule has 2 heteroatoms. The normalized spacial score (nSPS) is 12.6. The van der Waals surface area contributed by atoms with Crippen molar-refractivity contribution in [3.63, 3.8) is 0 Å². The van der Waals surface area contributed by atoms with Gasteiger partial charge in [-0.1, -0.05) is 76.6 Å². The lowest BCUT2D eigenvalue weighted by Crippen LogP contribution is -2.12. The van der Waals surface area contributed by atoms with Gasteiger partial charge in [0.2, 0.25) is 0 Å². The summed E-state index contributed by atoms with van der Waals surface area (Å²) in [5.41, 5.74) is 4.59. The standard InChI is InChI=1S/C24H31NO/c1-5-6-17-26-23(16-13-19-9-7-8-10-21(19)18-25)20-11-14-22(15-12-20)24(2,3)4/h7-12,14-15,23H,5-6,13,16-17H2,1-4H3. The van der Waals surface area contributed by atoms with Crippen molar-refractivity contribution in [3.05, 3.63) is 70.8 Å². The first kappa shape index (κ1) is 20.2. The van der Waals surface area contributed by atoms with Crippen molar-refractivity contribution in [2.45, 2.75) is 64.9 Å². The zero-order chi connectivity index (χ0) is 19.0. The Bertz CT molecular complexity index is 719. The summed E-state index contributed by atoms with van der Waals surface area (Å²) in [5.74, 6) is 0. The summed E-state index contributed by atoms with van der Waals surface area (Å²) in [6.07, 6.45) is 4.01. The van der Waals surface area contributed by atoms with E-state index in [1.54, 1.807) is 0 Å². The van der Waals surface area contributed by atoms with Gasteiger partial charge >= 0.3 is 0 Å². The molecular weight excluding hydrogens is 318 g/mol. The minimum absolute atomic E-state index is 0.0716. The molecule has 2 aromatic carbocycles. The van der Waals surface area contributed by atoms with Crippen LogP contribution in [0.25, 0.3) is 0 Å². The molecule has 0 N–H and O–H groups in total. The van der Waals surface area contributed by atoms with Crippen molar-refractivity contribution in [3.8, 4) is 6.07 Å². The van der Waals surface area contributed by atoms with Crippen molar-refractivity contribution >= 4 is 0 Å². The Kier molecular flexibility index (Phi) is 7.42. The molecule has 0 saturated carbocycles. The highest BCUT2D eigenvalue weighted by atomic mass is 16.5. The predicted molar refractivity (Wildman–Crippen MR) is 108 cm³/mol. The van der Waals surface area contributed by atoms with Gasteiger partial charge in [0.15, 0.2) is 0 Å². The number of rotatable bonds is 8. The van der Waals surface area contributed by atoms with Gasteiger partial charge in [0.1, 0.15) is 0 Å². The van der Waals surface area contributed by atoms with E-state index in [0.717, 1.165) is 43.4 Å². The number of hydrogen-bond acceptors (Lipinski definition) is 2. The SMILES string of the molecule is CCCCOC(CCc1ccccc1C#N)c1ccc(C(C)(C)C)cc1. The van der Waals surface area contributed by atoms with Crippen LogP contribution >= 0.6 is 0 Å². The molecule has 0 fully saturated rings. The monoisotopic (exact) mass is 349 g/mol. The molecule has 138 valence electrons. The van der Waals surface area contributed by atoms with E-state index in [1.165, 1.54) is 11.1 Å². The summed E-state index contributed by atoms with van der Waals surface area (Å²) < 4.78 is 6.21. The first-order valence-electron chi connectivity index (χ1n) is 9.65. The molecule has 2 rings (SSSR count). The highest BCUT2D eigenvalue weighted by Crippen LogP contribution is 2.28. The van der Waals surface area contributed by atoms with Gasteiger partial charge in [-0.2, -0.15) is 5.26 Å². The first-order chi connectivity index (χ1) is 12.5. The molecule has 2 nitrogen and oxygen atoms in total. The zero-order valence-electron chi connectivity index (χ0n) is 16.6. The topological polar surface area (TPSA) is 33.0 Å². The molecule has 2 aromatic rings. The number of hydrogen-bond donors (Lipinski definition) is 0.